The van der Waals surface area contributed by atoms with Crippen LogP contribution < -0.4 is 15.4 Å². The summed E-state index contributed by atoms with van der Waals surface area (Å²) >= 11 is 0. The number of hydrogen-bond acceptors (Lipinski definition) is 4. The van der Waals surface area contributed by atoms with Crippen molar-refractivity contribution in [2.75, 3.05) is 25.0 Å². The molecule has 6 nitrogen and oxygen atoms in total. The molecule has 2 N–H and O–H groups in total. The van der Waals surface area contributed by atoms with Crippen molar-refractivity contribution in [3.05, 3.63) is 41.7 Å². The third-order valence-electron chi connectivity index (χ3n) is 4.56. The van der Waals surface area contributed by atoms with Crippen molar-refractivity contribution in [3.8, 4) is 5.75 Å². The number of benzene rings is 1. The average Bonchev–Trinajstić information content (AvgIpc) is 3.23. The molecule has 0 radical (unpaired) electrons. The molecule has 1 aromatic carbocycles. The van der Waals surface area contributed by atoms with Crippen molar-refractivity contribution in [1.82, 2.24) is 15.1 Å². The third kappa shape index (κ3) is 4.02. The smallest absolute Gasteiger partial charge is 0.229 e. The van der Waals surface area contributed by atoms with Crippen molar-refractivity contribution in [2.45, 2.75) is 26.2 Å². The van der Waals surface area contributed by atoms with Gasteiger partial charge in [-0.2, -0.15) is 5.10 Å². The summed E-state index contributed by atoms with van der Waals surface area (Å²) in [6, 6.07) is 5.87. The van der Waals surface area contributed by atoms with Crippen LogP contribution in [0.1, 0.15) is 30.4 Å². The Morgan fingerprint density at radius 3 is 3.00 bits per heavy atom. The summed E-state index contributed by atoms with van der Waals surface area (Å²) in [6.07, 6.45) is 4.76. The second-order valence-electron chi connectivity index (χ2n) is 6.66. The Morgan fingerprint density at radius 1 is 1.44 bits per heavy atom. The predicted molar refractivity (Wildman–Crippen MR) is 97.9 cm³/mol. The molecular formula is C19H26N4O2. The molecule has 1 aromatic heterocycles. The molecule has 0 saturated carbocycles. The summed E-state index contributed by atoms with van der Waals surface area (Å²) in [5.41, 5.74) is 2.94. The lowest BCUT2D eigenvalue weighted by Gasteiger charge is -2.19. The highest BCUT2D eigenvalue weighted by Gasteiger charge is 2.35. The number of aromatic nitrogens is 2. The maximum atomic E-state index is 12.9. The third-order valence-corrected chi connectivity index (χ3v) is 4.56. The van der Waals surface area contributed by atoms with Gasteiger partial charge >= 0.3 is 0 Å². The Balaban J connectivity index is 1.75. The van der Waals surface area contributed by atoms with E-state index in [-0.39, 0.29) is 17.7 Å². The molecule has 6 heteroatoms. The van der Waals surface area contributed by atoms with Crippen LogP contribution in [0.25, 0.3) is 0 Å². The maximum Gasteiger partial charge on any atom is 0.229 e. The van der Waals surface area contributed by atoms with Gasteiger partial charge in [0.2, 0.25) is 5.91 Å². The van der Waals surface area contributed by atoms with Crippen molar-refractivity contribution in [2.24, 2.45) is 13.0 Å². The summed E-state index contributed by atoms with van der Waals surface area (Å²) in [7, 11) is 1.89. The molecule has 2 heterocycles. The van der Waals surface area contributed by atoms with Crippen LogP contribution in [0.3, 0.4) is 0 Å². The molecule has 3 rings (SSSR count). The Bertz CT molecular complexity index is 741. The van der Waals surface area contributed by atoms with Gasteiger partial charge in [-0.05, 0) is 36.6 Å². The second kappa shape index (κ2) is 7.70. The van der Waals surface area contributed by atoms with Crippen LogP contribution in [0.4, 0.5) is 5.69 Å². The van der Waals surface area contributed by atoms with Gasteiger partial charge in [-0.15, -0.1) is 0 Å². The van der Waals surface area contributed by atoms with E-state index in [0.29, 0.717) is 13.2 Å². The highest BCUT2D eigenvalue weighted by molar-refractivity contribution is 5.95. The Labute approximate surface area is 148 Å². The summed E-state index contributed by atoms with van der Waals surface area (Å²) < 4.78 is 7.58. The number of nitrogens with one attached hydrogen (secondary N) is 2. The van der Waals surface area contributed by atoms with Crippen LogP contribution in [-0.4, -0.2) is 35.4 Å². The fourth-order valence-corrected chi connectivity index (χ4v) is 3.23. The van der Waals surface area contributed by atoms with Crippen molar-refractivity contribution in [1.29, 1.82) is 0 Å². The van der Waals surface area contributed by atoms with Crippen LogP contribution >= 0.6 is 0 Å². The van der Waals surface area contributed by atoms with E-state index < -0.39 is 0 Å². The van der Waals surface area contributed by atoms with Crippen LogP contribution in [0.5, 0.6) is 5.75 Å². The highest BCUT2D eigenvalue weighted by atomic mass is 16.5. The first kappa shape index (κ1) is 17.5. The number of anilines is 1. The van der Waals surface area contributed by atoms with Gasteiger partial charge in [-0.3, -0.25) is 9.48 Å². The molecule has 0 spiro atoms. The van der Waals surface area contributed by atoms with Crippen LogP contribution in [0, 0.1) is 12.8 Å². The zero-order chi connectivity index (χ0) is 17.8. The molecule has 1 aliphatic rings. The monoisotopic (exact) mass is 342 g/mol. The molecule has 2 aromatic rings. The molecular weight excluding hydrogens is 316 g/mol. The first-order valence-corrected chi connectivity index (χ1v) is 8.82. The second-order valence-corrected chi connectivity index (χ2v) is 6.66. The number of carbonyl (C=O) groups excluding carboxylic acids is 1. The van der Waals surface area contributed by atoms with Crippen LogP contribution in [-0.2, 0) is 11.8 Å². The number of rotatable bonds is 6. The topological polar surface area (TPSA) is 68.2 Å². The summed E-state index contributed by atoms with van der Waals surface area (Å²) in [5.74, 6) is 0.770. The zero-order valence-electron chi connectivity index (χ0n) is 15.1. The van der Waals surface area contributed by atoms with Crippen LogP contribution in [0.2, 0.25) is 0 Å². The normalized spacial score (nSPS) is 19.8. The van der Waals surface area contributed by atoms with Gasteiger partial charge in [-0.1, -0.05) is 13.0 Å². The van der Waals surface area contributed by atoms with Gasteiger partial charge in [0.05, 0.1) is 24.4 Å². The van der Waals surface area contributed by atoms with Crippen molar-refractivity contribution in [3.63, 3.8) is 0 Å². The Hall–Kier alpha value is -2.34. The molecule has 25 heavy (non-hydrogen) atoms. The largest absolute Gasteiger partial charge is 0.491 e. The van der Waals surface area contributed by atoms with Gasteiger partial charge in [-0.25, -0.2) is 0 Å². The van der Waals surface area contributed by atoms with E-state index in [9.17, 15) is 4.79 Å². The van der Waals surface area contributed by atoms with E-state index in [1.807, 2.05) is 44.6 Å². The van der Waals surface area contributed by atoms with Crippen molar-refractivity contribution >= 4 is 11.6 Å². The van der Waals surface area contributed by atoms with Gasteiger partial charge in [0.25, 0.3) is 0 Å². The molecule has 1 saturated heterocycles. The van der Waals surface area contributed by atoms with Gasteiger partial charge in [0, 0.05) is 32.3 Å². The summed E-state index contributed by atoms with van der Waals surface area (Å²) in [4.78, 5) is 12.9. The number of amides is 1. The van der Waals surface area contributed by atoms with E-state index >= 15 is 0 Å². The minimum Gasteiger partial charge on any atom is -0.491 e. The summed E-state index contributed by atoms with van der Waals surface area (Å²) in [5, 5.41) is 10.6. The Morgan fingerprint density at radius 2 is 2.28 bits per heavy atom. The molecule has 1 aliphatic heterocycles. The number of hydrogen-bond donors (Lipinski definition) is 2. The molecule has 2 atom stereocenters. The average molecular weight is 342 g/mol. The molecule has 0 unspecified atom stereocenters. The van der Waals surface area contributed by atoms with Crippen LogP contribution in [0.15, 0.2) is 30.6 Å². The molecule has 0 bridgehead atoms. The zero-order valence-corrected chi connectivity index (χ0v) is 15.1. The predicted octanol–water partition coefficient (Wildman–Crippen LogP) is 2.46. The SMILES string of the molecule is CCCOc1cc(C)ccc1NC(=O)[C@H]1CNC[C@@H]1c1cnn(C)c1. The van der Waals surface area contributed by atoms with Gasteiger partial charge in [0.15, 0.2) is 0 Å². The number of ether oxygens (including phenoxy) is 1. The first-order chi connectivity index (χ1) is 12.1. The number of nitrogens with zero attached hydrogens (tertiary/aromatic N) is 2. The lowest BCUT2D eigenvalue weighted by atomic mass is 9.90. The van der Waals surface area contributed by atoms with E-state index in [1.54, 1.807) is 4.68 Å². The maximum absolute atomic E-state index is 12.9. The van der Waals surface area contributed by atoms with E-state index in [0.717, 1.165) is 35.5 Å². The van der Waals surface area contributed by atoms with E-state index in [4.69, 9.17) is 4.74 Å². The molecule has 0 aliphatic carbocycles. The number of carbonyl (C=O) groups is 1. The fraction of sp³-hybridized carbons (Fsp3) is 0.474. The highest BCUT2D eigenvalue weighted by Crippen LogP contribution is 2.31. The Kier molecular flexibility index (Phi) is 5.38. The van der Waals surface area contributed by atoms with Gasteiger partial charge in [0.1, 0.15) is 5.75 Å². The minimum atomic E-state index is -0.121. The standard InChI is InChI=1S/C19H26N4O2/c1-4-7-25-18-8-13(2)5-6-17(18)22-19(24)16-11-20-10-15(16)14-9-21-23(3)12-14/h5-6,8-9,12,15-16,20H,4,7,10-11H2,1-3H3,(H,22,24)/t15-,16+/m1/s1. The molecule has 134 valence electrons. The van der Waals surface area contributed by atoms with E-state index in [2.05, 4.69) is 22.7 Å². The van der Waals surface area contributed by atoms with E-state index in [1.165, 1.54) is 0 Å². The lowest BCUT2D eigenvalue weighted by molar-refractivity contribution is -0.119. The quantitative estimate of drug-likeness (QED) is 0.846. The van der Waals surface area contributed by atoms with Crippen molar-refractivity contribution < 1.29 is 9.53 Å². The molecule has 1 fully saturated rings. The first-order valence-electron chi connectivity index (χ1n) is 8.82. The van der Waals surface area contributed by atoms with Gasteiger partial charge < -0.3 is 15.4 Å². The number of aryl methyl sites for hydroxylation is 2. The summed E-state index contributed by atoms with van der Waals surface area (Å²) in [6.45, 7) is 6.18. The minimum absolute atomic E-state index is 0.0176. The lowest BCUT2D eigenvalue weighted by Crippen LogP contribution is -2.28. The molecule has 1 amide bonds. The fourth-order valence-electron chi connectivity index (χ4n) is 3.23.